The van der Waals surface area contributed by atoms with Crippen LogP contribution in [0.3, 0.4) is 0 Å². The van der Waals surface area contributed by atoms with Crippen LogP contribution in [0, 0.1) is 5.92 Å². The van der Waals surface area contributed by atoms with E-state index in [2.05, 4.69) is 17.5 Å². The van der Waals surface area contributed by atoms with Gasteiger partial charge in [-0.1, -0.05) is 74.0 Å². The molecule has 136 valence electrons. The van der Waals surface area contributed by atoms with Gasteiger partial charge in [-0.15, -0.1) is 0 Å². The minimum absolute atomic E-state index is 0.526. The van der Waals surface area contributed by atoms with Crippen LogP contribution in [0.1, 0.15) is 50.2 Å². The van der Waals surface area contributed by atoms with E-state index in [1.165, 1.54) is 6.42 Å². The minimum Gasteiger partial charge on any atom is -0.372 e. The number of carbonyl (C=O) groups is 1. The van der Waals surface area contributed by atoms with Gasteiger partial charge in [-0.3, -0.25) is 4.79 Å². The number of amides is 1. The van der Waals surface area contributed by atoms with E-state index < -0.39 is 11.5 Å². The number of hydrogen-bond acceptors (Lipinski definition) is 3. The maximum absolute atomic E-state index is 13.0. The molecule has 0 unspecified atom stereocenters. The van der Waals surface area contributed by atoms with Crippen LogP contribution in [0.5, 0.6) is 0 Å². The molecule has 1 saturated carbocycles. The first-order valence-corrected chi connectivity index (χ1v) is 9.34. The Morgan fingerprint density at radius 3 is 2.00 bits per heavy atom. The molecular formula is C22H26N2O2. The molecule has 1 fully saturated rings. The fraction of sp³-hybridized carbons (Fsp3) is 0.364. The summed E-state index contributed by atoms with van der Waals surface area (Å²) in [4.78, 5) is 13.0. The van der Waals surface area contributed by atoms with E-state index in [0.717, 1.165) is 37.3 Å². The van der Waals surface area contributed by atoms with Gasteiger partial charge in [0.25, 0.3) is 5.91 Å². The molecule has 1 amide bonds. The number of carbonyl (C=O) groups excluding carboxylic acids is 1. The summed E-state index contributed by atoms with van der Waals surface area (Å²) in [5, 5.41) is 15.7. The van der Waals surface area contributed by atoms with Gasteiger partial charge in [0.15, 0.2) is 5.60 Å². The van der Waals surface area contributed by atoms with Crippen LogP contribution in [0.2, 0.25) is 0 Å². The number of nitrogens with zero attached hydrogens (tertiary/aromatic N) is 1. The van der Waals surface area contributed by atoms with E-state index >= 15 is 0 Å². The van der Waals surface area contributed by atoms with Crippen molar-refractivity contribution in [3.63, 3.8) is 0 Å². The van der Waals surface area contributed by atoms with Crippen molar-refractivity contribution in [2.45, 2.75) is 44.6 Å². The van der Waals surface area contributed by atoms with E-state index in [1.54, 1.807) is 24.3 Å². The Balaban J connectivity index is 1.83. The van der Waals surface area contributed by atoms with Crippen molar-refractivity contribution in [1.82, 2.24) is 5.43 Å². The third kappa shape index (κ3) is 3.86. The Labute approximate surface area is 155 Å². The Bertz CT molecular complexity index is 707. The Morgan fingerprint density at radius 2 is 1.54 bits per heavy atom. The van der Waals surface area contributed by atoms with Crippen molar-refractivity contribution in [2.24, 2.45) is 11.0 Å². The molecule has 1 aliphatic rings. The van der Waals surface area contributed by atoms with Crippen molar-refractivity contribution in [1.29, 1.82) is 0 Å². The number of benzene rings is 2. The van der Waals surface area contributed by atoms with Gasteiger partial charge in [-0.25, -0.2) is 5.43 Å². The second kappa shape index (κ2) is 8.28. The van der Waals surface area contributed by atoms with Gasteiger partial charge in [-0.05, 0) is 42.7 Å². The zero-order valence-electron chi connectivity index (χ0n) is 15.2. The number of hydrazone groups is 1. The topological polar surface area (TPSA) is 61.7 Å². The van der Waals surface area contributed by atoms with E-state index in [9.17, 15) is 9.90 Å². The zero-order chi connectivity index (χ0) is 18.4. The van der Waals surface area contributed by atoms with Crippen LogP contribution in [0.15, 0.2) is 65.8 Å². The summed E-state index contributed by atoms with van der Waals surface area (Å²) in [6, 6.07) is 18.0. The molecule has 2 aromatic carbocycles. The summed E-state index contributed by atoms with van der Waals surface area (Å²) in [6.07, 6.45) is 5.25. The number of hydrogen-bond donors (Lipinski definition) is 2. The summed E-state index contributed by atoms with van der Waals surface area (Å²) < 4.78 is 0. The lowest BCUT2D eigenvalue weighted by atomic mass is 9.85. The van der Waals surface area contributed by atoms with Crippen molar-refractivity contribution >= 4 is 11.6 Å². The van der Waals surface area contributed by atoms with E-state index in [1.807, 2.05) is 36.4 Å². The lowest BCUT2D eigenvalue weighted by Gasteiger charge is -2.27. The zero-order valence-corrected chi connectivity index (χ0v) is 15.2. The molecule has 0 radical (unpaired) electrons. The SMILES string of the molecule is CCC1CCC(=NNC(=O)C(O)(c2ccccc2)c2ccccc2)CC1. The summed E-state index contributed by atoms with van der Waals surface area (Å²) in [6.45, 7) is 2.22. The van der Waals surface area contributed by atoms with E-state index in [4.69, 9.17) is 0 Å². The maximum Gasteiger partial charge on any atom is 0.281 e. The van der Waals surface area contributed by atoms with Crippen molar-refractivity contribution in [3.8, 4) is 0 Å². The molecule has 0 atom stereocenters. The molecule has 2 aromatic rings. The molecule has 2 N–H and O–H groups in total. The molecule has 0 aromatic heterocycles. The largest absolute Gasteiger partial charge is 0.372 e. The summed E-state index contributed by atoms with van der Waals surface area (Å²) in [7, 11) is 0. The first-order chi connectivity index (χ1) is 12.6. The van der Waals surface area contributed by atoms with Gasteiger partial charge in [0.2, 0.25) is 0 Å². The standard InChI is InChI=1S/C22H26N2O2/c1-2-17-13-15-20(16-14-17)23-24-21(25)22(26,18-9-5-3-6-10-18)19-11-7-4-8-12-19/h3-12,17,26H,2,13-16H2,1H3,(H,24,25). The molecule has 26 heavy (non-hydrogen) atoms. The predicted octanol–water partition coefficient (Wildman–Crippen LogP) is 3.99. The molecule has 0 aliphatic heterocycles. The van der Waals surface area contributed by atoms with Gasteiger partial charge in [0.1, 0.15) is 0 Å². The lowest BCUT2D eigenvalue weighted by Crippen LogP contribution is -2.44. The molecule has 0 saturated heterocycles. The molecule has 3 rings (SSSR count). The molecule has 4 nitrogen and oxygen atoms in total. The molecular weight excluding hydrogens is 324 g/mol. The average molecular weight is 350 g/mol. The quantitative estimate of drug-likeness (QED) is 0.801. The van der Waals surface area contributed by atoms with Crippen molar-refractivity contribution in [2.75, 3.05) is 0 Å². The highest BCUT2D eigenvalue weighted by Crippen LogP contribution is 2.30. The van der Waals surface area contributed by atoms with E-state index in [-0.39, 0.29) is 0 Å². The van der Waals surface area contributed by atoms with Crippen molar-refractivity contribution < 1.29 is 9.90 Å². The third-order valence-electron chi connectivity index (χ3n) is 5.29. The third-order valence-corrected chi connectivity index (χ3v) is 5.29. The van der Waals surface area contributed by atoms with Gasteiger partial charge in [0.05, 0.1) is 0 Å². The fourth-order valence-corrected chi connectivity index (χ4v) is 3.53. The molecule has 1 aliphatic carbocycles. The molecule has 0 bridgehead atoms. The predicted molar refractivity (Wildman–Crippen MR) is 104 cm³/mol. The Hall–Kier alpha value is -2.46. The summed E-state index contributed by atoms with van der Waals surface area (Å²) in [5.74, 6) is 0.232. The highest BCUT2D eigenvalue weighted by atomic mass is 16.3. The van der Waals surface area contributed by atoms with Crippen LogP contribution in [0.25, 0.3) is 0 Å². The van der Waals surface area contributed by atoms with Gasteiger partial charge < -0.3 is 5.11 Å². The van der Waals surface area contributed by atoms with Crippen LogP contribution in [-0.4, -0.2) is 16.7 Å². The Kier molecular flexibility index (Phi) is 5.84. The van der Waals surface area contributed by atoms with Crippen molar-refractivity contribution in [3.05, 3.63) is 71.8 Å². The highest BCUT2D eigenvalue weighted by Gasteiger charge is 2.40. The highest BCUT2D eigenvalue weighted by molar-refractivity contribution is 5.92. The van der Waals surface area contributed by atoms with Gasteiger partial charge in [-0.2, -0.15) is 5.10 Å². The van der Waals surface area contributed by atoms with Crippen LogP contribution in [0.4, 0.5) is 0 Å². The molecule has 0 heterocycles. The van der Waals surface area contributed by atoms with Crippen LogP contribution in [-0.2, 0) is 10.4 Å². The first kappa shape index (κ1) is 18.3. The smallest absolute Gasteiger partial charge is 0.281 e. The summed E-state index contributed by atoms with van der Waals surface area (Å²) in [5.41, 5.74) is 2.91. The fourth-order valence-electron chi connectivity index (χ4n) is 3.53. The maximum atomic E-state index is 13.0. The Morgan fingerprint density at radius 1 is 1.04 bits per heavy atom. The van der Waals surface area contributed by atoms with Crippen LogP contribution >= 0.6 is 0 Å². The number of aliphatic hydroxyl groups is 1. The van der Waals surface area contributed by atoms with E-state index in [0.29, 0.717) is 11.1 Å². The molecule has 4 heteroatoms. The average Bonchev–Trinajstić information content (AvgIpc) is 2.73. The normalized spacial score (nSPS) is 17.6. The minimum atomic E-state index is -1.77. The summed E-state index contributed by atoms with van der Waals surface area (Å²) >= 11 is 0. The van der Waals surface area contributed by atoms with Gasteiger partial charge in [0, 0.05) is 5.71 Å². The number of nitrogens with one attached hydrogen (secondary N) is 1. The van der Waals surface area contributed by atoms with Crippen LogP contribution < -0.4 is 5.43 Å². The lowest BCUT2D eigenvalue weighted by molar-refractivity contribution is -0.136. The second-order valence-electron chi connectivity index (χ2n) is 6.91. The number of rotatable bonds is 5. The second-order valence-corrected chi connectivity index (χ2v) is 6.91. The molecule has 0 spiro atoms. The first-order valence-electron chi connectivity index (χ1n) is 9.34. The monoisotopic (exact) mass is 350 g/mol. The van der Waals surface area contributed by atoms with Gasteiger partial charge >= 0.3 is 0 Å².